The second kappa shape index (κ2) is 4.86. The molecule has 2 rings (SSSR count). The molecule has 88 valence electrons. The molecule has 2 N–H and O–H groups in total. The van der Waals surface area contributed by atoms with Gasteiger partial charge in [-0.1, -0.05) is 0 Å². The van der Waals surface area contributed by atoms with Gasteiger partial charge < -0.3 is 15.4 Å². The Kier molecular flexibility index (Phi) is 3.48. The van der Waals surface area contributed by atoms with Gasteiger partial charge in [0.05, 0.1) is 12.3 Å². The van der Waals surface area contributed by atoms with E-state index in [-0.39, 0.29) is 6.10 Å². The molecule has 0 aromatic carbocycles. The number of hydrogen-bond donors (Lipinski definition) is 1. The Labute approximate surface area is 95.6 Å². The summed E-state index contributed by atoms with van der Waals surface area (Å²) >= 11 is 0. The molecule has 1 aromatic heterocycles. The normalized spacial score (nSPS) is 22.3. The van der Waals surface area contributed by atoms with Crippen molar-refractivity contribution in [2.24, 2.45) is 5.73 Å². The lowest BCUT2D eigenvalue weighted by Crippen LogP contribution is -2.36. The fraction of sp³-hybridized carbons (Fsp3) is 0.636. The molecular weight excluding hydrogens is 204 g/mol. The fourth-order valence-corrected chi connectivity index (χ4v) is 1.84. The molecule has 1 aliphatic heterocycles. The maximum Gasteiger partial charge on any atom is 0.158 e. The molecule has 5 nitrogen and oxygen atoms in total. The van der Waals surface area contributed by atoms with E-state index in [1.54, 1.807) is 0 Å². The lowest BCUT2D eigenvalue weighted by Gasteiger charge is -2.29. The molecule has 0 spiro atoms. The predicted molar refractivity (Wildman–Crippen MR) is 60.9 cm³/mol. The minimum atomic E-state index is -0.0241. The Morgan fingerprint density at radius 3 is 3.06 bits per heavy atom. The zero-order chi connectivity index (χ0) is 11.5. The summed E-state index contributed by atoms with van der Waals surface area (Å²) in [6, 6.07) is 1.91. The number of aryl methyl sites for hydroxylation is 1. The largest absolute Gasteiger partial charge is 0.368 e. The van der Waals surface area contributed by atoms with Crippen LogP contribution in [0.25, 0.3) is 0 Å². The highest BCUT2D eigenvalue weighted by molar-refractivity contribution is 5.11. The van der Waals surface area contributed by atoms with Gasteiger partial charge in [-0.3, -0.25) is 0 Å². The summed E-state index contributed by atoms with van der Waals surface area (Å²) in [5, 5.41) is 0. The van der Waals surface area contributed by atoms with E-state index in [1.165, 1.54) is 0 Å². The van der Waals surface area contributed by atoms with E-state index in [0.29, 0.717) is 6.54 Å². The first-order valence-electron chi connectivity index (χ1n) is 5.53. The molecule has 1 saturated heterocycles. The van der Waals surface area contributed by atoms with Crippen molar-refractivity contribution in [3.63, 3.8) is 0 Å². The molecule has 1 atom stereocenters. The van der Waals surface area contributed by atoms with E-state index in [9.17, 15) is 0 Å². The van der Waals surface area contributed by atoms with Crippen molar-refractivity contribution in [3.05, 3.63) is 23.3 Å². The van der Waals surface area contributed by atoms with Crippen molar-refractivity contribution >= 4 is 0 Å². The summed E-state index contributed by atoms with van der Waals surface area (Å²) in [5.41, 5.74) is 7.42. The van der Waals surface area contributed by atoms with Gasteiger partial charge in [0.15, 0.2) is 5.82 Å². The molecule has 2 heterocycles. The van der Waals surface area contributed by atoms with E-state index < -0.39 is 0 Å². The first-order valence-corrected chi connectivity index (χ1v) is 5.53. The van der Waals surface area contributed by atoms with Gasteiger partial charge in [0.1, 0.15) is 6.10 Å². The number of rotatable bonds is 2. The number of nitrogens with two attached hydrogens (primary N) is 1. The molecule has 0 amide bonds. The zero-order valence-electron chi connectivity index (χ0n) is 9.81. The summed E-state index contributed by atoms with van der Waals surface area (Å²) in [6.07, 6.45) is -0.0241. The highest BCUT2D eigenvalue weighted by Gasteiger charge is 2.22. The minimum Gasteiger partial charge on any atom is -0.368 e. The van der Waals surface area contributed by atoms with Crippen LogP contribution in [0.2, 0.25) is 0 Å². The molecule has 0 bridgehead atoms. The van der Waals surface area contributed by atoms with Crippen molar-refractivity contribution < 1.29 is 4.74 Å². The number of nitrogens with zero attached hydrogens (tertiary/aromatic N) is 3. The highest BCUT2D eigenvalue weighted by Crippen LogP contribution is 2.18. The third-order valence-corrected chi connectivity index (χ3v) is 2.69. The number of morpholine rings is 1. The van der Waals surface area contributed by atoms with Crippen molar-refractivity contribution in [2.75, 3.05) is 26.7 Å². The molecule has 0 aliphatic carbocycles. The quantitative estimate of drug-likeness (QED) is 0.777. The summed E-state index contributed by atoms with van der Waals surface area (Å²) in [7, 11) is 2.08. The second-order valence-electron chi connectivity index (χ2n) is 4.18. The van der Waals surface area contributed by atoms with Crippen LogP contribution in [0.3, 0.4) is 0 Å². The second-order valence-corrected chi connectivity index (χ2v) is 4.18. The van der Waals surface area contributed by atoms with Gasteiger partial charge in [-0.15, -0.1) is 0 Å². The monoisotopic (exact) mass is 222 g/mol. The van der Waals surface area contributed by atoms with Gasteiger partial charge in [-0.25, -0.2) is 9.97 Å². The standard InChI is InChI=1S/C11H18N4O/c1-8-5-9(6-12)14-11(13-8)10-7-15(2)3-4-16-10/h5,10H,3-4,6-7,12H2,1-2H3. The Morgan fingerprint density at radius 2 is 2.38 bits per heavy atom. The molecular formula is C11H18N4O. The van der Waals surface area contributed by atoms with E-state index in [4.69, 9.17) is 10.5 Å². The first-order chi connectivity index (χ1) is 7.69. The molecule has 1 aliphatic rings. The minimum absolute atomic E-state index is 0.0241. The average molecular weight is 222 g/mol. The predicted octanol–water partition coefficient (Wildman–Crippen LogP) is 0.247. The number of hydrogen-bond acceptors (Lipinski definition) is 5. The molecule has 1 fully saturated rings. The Hall–Kier alpha value is -1.04. The lowest BCUT2D eigenvalue weighted by molar-refractivity contribution is -0.0256. The van der Waals surface area contributed by atoms with E-state index in [2.05, 4.69) is 21.9 Å². The third-order valence-electron chi connectivity index (χ3n) is 2.69. The van der Waals surface area contributed by atoms with Gasteiger partial charge in [0.25, 0.3) is 0 Å². The highest BCUT2D eigenvalue weighted by atomic mass is 16.5. The fourth-order valence-electron chi connectivity index (χ4n) is 1.84. The van der Waals surface area contributed by atoms with Crippen molar-refractivity contribution in [2.45, 2.75) is 19.6 Å². The maximum absolute atomic E-state index is 5.68. The zero-order valence-corrected chi connectivity index (χ0v) is 9.81. The Bertz CT molecular complexity index is 369. The topological polar surface area (TPSA) is 64.3 Å². The van der Waals surface area contributed by atoms with Crippen molar-refractivity contribution in [1.29, 1.82) is 0 Å². The summed E-state index contributed by atoms with van der Waals surface area (Å²) in [4.78, 5) is 11.1. The van der Waals surface area contributed by atoms with E-state index >= 15 is 0 Å². The molecule has 1 aromatic rings. The van der Waals surface area contributed by atoms with Crippen molar-refractivity contribution in [3.8, 4) is 0 Å². The van der Waals surface area contributed by atoms with Gasteiger partial charge in [-0.2, -0.15) is 0 Å². The summed E-state index contributed by atoms with van der Waals surface area (Å²) < 4.78 is 5.68. The Morgan fingerprint density at radius 1 is 1.56 bits per heavy atom. The number of likely N-dealkylation sites (N-methyl/N-ethyl adjacent to an activating group) is 1. The van der Waals surface area contributed by atoms with Crippen LogP contribution >= 0.6 is 0 Å². The van der Waals surface area contributed by atoms with Crippen LogP contribution in [-0.2, 0) is 11.3 Å². The third kappa shape index (κ3) is 2.55. The smallest absolute Gasteiger partial charge is 0.158 e. The van der Waals surface area contributed by atoms with Crippen LogP contribution in [0.1, 0.15) is 23.3 Å². The maximum atomic E-state index is 5.68. The summed E-state index contributed by atoms with van der Waals surface area (Å²) in [6.45, 7) is 4.94. The van der Waals surface area contributed by atoms with Gasteiger partial charge in [0, 0.05) is 25.3 Å². The molecule has 1 unspecified atom stereocenters. The first kappa shape index (κ1) is 11.4. The molecule has 16 heavy (non-hydrogen) atoms. The number of ether oxygens (including phenoxy) is 1. The van der Waals surface area contributed by atoms with Gasteiger partial charge >= 0.3 is 0 Å². The van der Waals surface area contributed by atoms with Crippen LogP contribution in [0.15, 0.2) is 6.07 Å². The number of aromatic nitrogens is 2. The molecule has 5 heteroatoms. The van der Waals surface area contributed by atoms with Gasteiger partial charge in [0.2, 0.25) is 0 Å². The SMILES string of the molecule is Cc1cc(CN)nc(C2CN(C)CCO2)n1. The lowest BCUT2D eigenvalue weighted by atomic mass is 10.2. The molecule has 0 saturated carbocycles. The van der Waals surface area contributed by atoms with E-state index in [1.807, 2.05) is 13.0 Å². The Balaban J connectivity index is 2.21. The van der Waals surface area contributed by atoms with Crippen LogP contribution in [0.4, 0.5) is 0 Å². The van der Waals surface area contributed by atoms with Gasteiger partial charge in [-0.05, 0) is 20.0 Å². The summed E-state index contributed by atoms with van der Waals surface area (Å²) in [5.74, 6) is 0.756. The van der Waals surface area contributed by atoms with Crippen molar-refractivity contribution in [1.82, 2.24) is 14.9 Å². The van der Waals surface area contributed by atoms with Crippen LogP contribution < -0.4 is 5.73 Å². The average Bonchev–Trinajstić information content (AvgIpc) is 2.28. The van der Waals surface area contributed by atoms with Crippen LogP contribution in [0, 0.1) is 6.92 Å². The molecule has 0 radical (unpaired) electrons. The van der Waals surface area contributed by atoms with Crippen LogP contribution in [-0.4, -0.2) is 41.6 Å². The van der Waals surface area contributed by atoms with Crippen LogP contribution in [0.5, 0.6) is 0 Å². The van der Waals surface area contributed by atoms with E-state index in [0.717, 1.165) is 36.9 Å².